The van der Waals surface area contributed by atoms with E-state index in [-0.39, 0.29) is 25.4 Å². The fourth-order valence-electron chi connectivity index (χ4n) is 2.76. The summed E-state index contributed by atoms with van der Waals surface area (Å²) < 4.78 is 43.3. The van der Waals surface area contributed by atoms with Crippen LogP contribution in [0.5, 0.6) is 5.88 Å². The number of halogens is 3. The number of hydrogen-bond acceptors (Lipinski definition) is 4. The van der Waals surface area contributed by atoms with Crippen LogP contribution in [0.3, 0.4) is 0 Å². The van der Waals surface area contributed by atoms with Gasteiger partial charge in [0.1, 0.15) is 0 Å². The van der Waals surface area contributed by atoms with Crippen LogP contribution < -0.4 is 9.64 Å². The Bertz CT molecular complexity index is 602. The molecule has 1 aliphatic heterocycles. The Morgan fingerprint density at radius 1 is 1.43 bits per heavy atom. The predicted molar refractivity (Wildman–Crippen MR) is 79.9 cm³/mol. The summed E-state index contributed by atoms with van der Waals surface area (Å²) in [6, 6.07) is 1.88. The number of hydrogen-bond donors (Lipinski definition) is 0. The lowest BCUT2D eigenvalue weighted by atomic mass is 9.98. The molecule has 0 spiro atoms. The van der Waals surface area contributed by atoms with Crippen molar-refractivity contribution in [2.45, 2.75) is 25.4 Å². The molecule has 1 atom stereocenters. The first-order chi connectivity index (χ1) is 10.6. The smallest absolute Gasteiger partial charge is 0.471 e. The van der Waals surface area contributed by atoms with Gasteiger partial charge < -0.3 is 14.5 Å². The zero-order valence-corrected chi connectivity index (χ0v) is 13.6. The molecular formula is C15H20F3N3O2. The quantitative estimate of drug-likeness (QED) is 0.833. The average molecular weight is 331 g/mol. The molecule has 0 N–H and O–H groups in total. The molecule has 23 heavy (non-hydrogen) atoms. The summed E-state index contributed by atoms with van der Waals surface area (Å²) in [7, 11) is 5.18. The van der Waals surface area contributed by atoms with Crippen molar-refractivity contribution in [1.29, 1.82) is 0 Å². The molecule has 1 aromatic heterocycles. The Morgan fingerprint density at radius 3 is 2.61 bits per heavy atom. The SMILES string of the molecule is COc1nc2c(cc1N(C)C)C(C)CN(C(=O)C(F)(F)F)CC2. The molecule has 8 heteroatoms. The van der Waals surface area contributed by atoms with Crippen LogP contribution in [-0.4, -0.2) is 56.3 Å². The highest BCUT2D eigenvalue weighted by Gasteiger charge is 2.43. The fourth-order valence-corrected chi connectivity index (χ4v) is 2.76. The highest BCUT2D eigenvalue weighted by Crippen LogP contribution is 2.34. The monoisotopic (exact) mass is 331 g/mol. The van der Waals surface area contributed by atoms with E-state index >= 15 is 0 Å². The number of carbonyl (C=O) groups is 1. The van der Waals surface area contributed by atoms with Crippen LogP contribution in [0, 0.1) is 0 Å². The molecule has 0 aliphatic carbocycles. The number of anilines is 1. The Kier molecular flexibility index (Phi) is 4.72. The summed E-state index contributed by atoms with van der Waals surface area (Å²) >= 11 is 0. The van der Waals surface area contributed by atoms with Gasteiger partial charge in [-0.1, -0.05) is 6.92 Å². The van der Waals surface area contributed by atoms with Crippen LogP contribution in [0.25, 0.3) is 0 Å². The van der Waals surface area contributed by atoms with Crippen molar-refractivity contribution in [1.82, 2.24) is 9.88 Å². The van der Waals surface area contributed by atoms with E-state index in [1.807, 2.05) is 25.1 Å². The summed E-state index contributed by atoms with van der Waals surface area (Å²) in [5, 5.41) is 0. The third-order valence-corrected chi connectivity index (χ3v) is 3.93. The summed E-state index contributed by atoms with van der Waals surface area (Å²) in [5.41, 5.74) is 2.29. The summed E-state index contributed by atoms with van der Waals surface area (Å²) in [6.07, 6.45) is -4.58. The lowest BCUT2D eigenvalue weighted by Gasteiger charge is -2.24. The minimum atomic E-state index is -4.85. The second-order valence-corrected chi connectivity index (χ2v) is 5.85. The minimum Gasteiger partial charge on any atom is -0.480 e. The number of ether oxygens (including phenoxy) is 1. The van der Waals surface area contributed by atoms with Gasteiger partial charge in [-0.05, 0) is 11.6 Å². The molecule has 0 saturated carbocycles. The molecule has 2 rings (SSSR count). The number of nitrogens with zero attached hydrogens (tertiary/aromatic N) is 3. The van der Waals surface area contributed by atoms with Crippen LogP contribution >= 0.6 is 0 Å². The number of methoxy groups -OCH3 is 1. The van der Waals surface area contributed by atoms with Gasteiger partial charge in [-0.3, -0.25) is 4.79 Å². The van der Waals surface area contributed by atoms with E-state index in [9.17, 15) is 18.0 Å². The van der Waals surface area contributed by atoms with Crippen molar-refractivity contribution in [3.63, 3.8) is 0 Å². The van der Waals surface area contributed by atoms with Gasteiger partial charge in [0.15, 0.2) is 0 Å². The second kappa shape index (κ2) is 6.25. The number of alkyl halides is 3. The Labute approximate surface area is 133 Å². The predicted octanol–water partition coefficient (Wildman–Crippen LogP) is 2.21. The van der Waals surface area contributed by atoms with Crippen LogP contribution in [-0.2, 0) is 11.2 Å². The Hall–Kier alpha value is -1.99. The summed E-state index contributed by atoms with van der Waals surface area (Å²) in [5.74, 6) is -1.61. The maximum atomic E-state index is 12.7. The highest BCUT2D eigenvalue weighted by atomic mass is 19.4. The summed E-state index contributed by atoms with van der Waals surface area (Å²) in [6.45, 7) is 1.81. The van der Waals surface area contributed by atoms with E-state index in [0.717, 1.165) is 16.2 Å². The number of fused-ring (bicyclic) bond motifs is 1. The highest BCUT2D eigenvalue weighted by molar-refractivity contribution is 5.82. The largest absolute Gasteiger partial charge is 0.480 e. The van der Waals surface area contributed by atoms with Gasteiger partial charge in [-0.25, -0.2) is 4.98 Å². The molecule has 0 aromatic carbocycles. The number of pyridine rings is 1. The van der Waals surface area contributed by atoms with Crippen LogP contribution in [0.4, 0.5) is 18.9 Å². The normalized spacial score (nSPS) is 18.2. The zero-order chi connectivity index (χ0) is 17.4. The van der Waals surface area contributed by atoms with E-state index in [1.165, 1.54) is 7.11 Å². The van der Waals surface area contributed by atoms with Gasteiger partial charge in [-0.15, -0.1) is 0 Å². The maximum absolute atomic E-state index is 12.7. The molecule has 2 heterocycles. The van der Waals surface area contributed by atoms with Crippen molar-refractivity contribution >= 4 is 11.6 Å². The number of amides is 1. The molecule has 0 fully saturated rings. The lowest BCUT2D eigenvalue weighted by molar-refractivity contribution is -0.185. The number of aromatic nitrogens is 1. The molecule has 1 unspecified atom stereocenters. The first-order valence-electron chi connectivity index (χ1n) is 7.26. The van der Waals surface area contributed by atoms with E-state index in [0.29, 0.717) is 11.6 Å². The zero-order valence-electron chi connectivity index (χ0n) is 13.6. The second-order valence-electron chi connectivity index (χ2n) is 5.85. The third kappa shape index (κ3) is 3.51. The standard InChI is InChI=1S/C15H20F3N3O2/c1-9-8-21(14(22)15(16,17)18)6-5-11-10(9)7-12(20(2)3)13(19-11)23-4/h7,9H,5-6,8H2,1-4H3. The molecule has 0 radical (unpaired) electrons. The van der Waals surface area contributed by atoms with E-state index < -0.39 is 12.1 Å². The van der Waals surface area contributed by atoms with E-state index in [1.54, 1.807) is 6.92 Å². The number of carbonyl (C=O) groups excluding carboxylic acids is 1. The van der Waals surface area contributed by atoms with Crippen molar-refractivity contribution in [3.8, 4) is 5.88 Å². The molecule has 5 nitrogen and oxygen atoms in total. The van der Waals surface area contributed by atoms with E-state index in [4.69, 9.17) is 4.74 Å². The Morgan fingerprint density at radius 2 is 2.09 bits per heavy atom. The maximum Gasteiger partial charge on any atom is 0.471 e. The van der Waals surface area contributed by atoms with Crippen LogP contribution in [0.1, 0.15) is 24.1 Å². The number of rotatable bonds is 2. The van der Waals surface area contributed by atoms with Crippen LogP contribution in [0.2, 0.25) is 0 Å². The minimum absolute atomic E-state index is 0.00680. The first kappa shape index (κ1) is 17.4. The van der Waals surface area contributed by atoms with Gasteiger partial charge in [0.25, 0.3) is 0 Å². The lowest BCUT2D eigenvalue weighted by Crippen LogP contribution is -2.42. The first-order valence-corrected chi connectivity index (χ1v) is 7.26. The topological polar surface area (TPSA) is 45.7 Å². The van der Waals surface area contributed by atoms with Gasteiger partial charge in [-0.2, -0.15) is 13.2 Å². The fraction of sp³-hybridized carbons (Fsp3) is 0.600. The summed E-state index contributed by atoms with van der Waals surface area (Å²) in [4.78, 5) is 18.6. The molecule has 0 saturated heterocycles. The van der Waals surface area contributed by atoms with E-state index in [2.05, 4.69) is 4.98 Å². The third-order valence-electron chi connectivity index (χ3n) is 3.93. The molecular weight excluding hydrogens is 311 g/mol. The van der Waals surface area contributed by atoms with Gasteiger partial charge >= 0.3 is 12.1 Å². The molecule has 1 amide bonds. The molecule has 0 bridgehead atoms. The Balaban J connectivity index is 2.37. The van der Waals surface area contributed by atoms with Crippen molar-refractivity contribution < 1.29 is 22.7 Å². The van der Waals surface area contributed by atoms with Crippen LogP contribution in [0.15, 0.2) is 6.07 Å². The van der Waals surface area contributed by atoms with Gasteiger partial charge in [0, 0.05) is 45.2 Å². The van der Waals surface area contributed by atoms with Crippen molar-refractivity contribution in [2.75, 3.05) is 39.2 Å². The average Bonchev–Trinajstić information content (AvgIpc) is 2.63. The van der Waals surface area contributed by atoms with Crippen molar-refractivity contribution in [2.24, 2.45) is 0 Å². The molecule has 1 aromatic rings. The molecule has 128 valence electrons. The molecule has 1 aliphatic rings. The van der Waals surface area contributed by atoms with Gasteiger partial charge in [0.05, 0.1) is 12.8 Å². The van der Waals surface area contributed by atoms with Crippen molar-refractivity contribution in [3.05, 3.63) is 17.3 Å². The van der Waals surface area contributed by atoms with Gasteiger partial charge in [0.2, 0.25) is 5.88 Å².